The second-order valence-electron chi connectivity index (χ2n) is 5.25. The molecule has 0 fully saturated rings. The Morgan fingerprint density at radius 2 is 2.27 bits per heavy atom. The zero-order valence-corrected chi connectivity index (χ0v) is 11.9. The molecule has 0 saturated carbocycles. The summed E-state index contributed by atoms with van der Waals surface area (Å²) in [6.45, 7) is 0. The lowest BCUT2D eigenvalue weighted by Crippen LogP contribution is -2.40. The van der Waals surface area contributed by atoms with Gasteiger partial charge in [0.15, 0.2) is 0 Å². The fourth-order valence-corrected chi connectivity index (χ4v) is 2.98. The van der Waals surface area contributed by atoms with Crippen LogP contribution in [-0.2, 0) is 16.0 Å². The van der Waals surface area contributed by atoms with E-state index in [1.807, 2.05) is 6.07 Å². The Hall–Kier alpha value is -2.88. The smallest absolute Gasteiger partial charge is 0.317 e. The Morgan fingerprint density at radius 3 is 2.95 bits per heavy atom. The highest BCUT2D eigenvalue weighted by atomic mass is 16.5. The molecule has 22 heavy (non-hydrogen) atoms. The van der Waals surface area contributed by atoms with Crippen LogP contribution in [-0.4, -0.2) is 22.6 Å². The first-order valence-corrected chi connectivity index (χ1v) is 6.83. The summed E-state index contributed by atoms with van der Waals surface area (Å²) in [7, 11) is 1.29. The Morgan fingerprint density at radius 1 is 1.50 bits per heavy atom. The number of nitriles is 1. The average molecular weight is 299 g/mol. The molecule has 2 heterocycles. The summed E-state index contributed by atoms with van der Waals surface area (Å²) in [5, 5.41) is 9.06. The maximum absolute atomic E-state index is 12.2. The summed E-state index contributed by atoms with van der Waals surface area (Å²) in [6.07, 6.45) is 1.20. The Kier molecular flexibility index (Phi) is 3.29. The molecule has 1 aromatic heterocycles. The highest BCUT2D eigenvalue weighted by molar-refractivity contribution is 5.81. The molecule has 1 aliphatic heterocycles. The van der Waals surface area contributed by atoms with Crippen LogP contribution in [0.2, 0.25) is 0 Å². The summed E-state index contributed by atoms with van der Waals surface area (Å²) in [5.41, 5.74) is 0.826. The first-order valence-electron chi connectivity index (χ1n) is 6.83. The van der Waals surface area contributed by atoms with Gasteiger partial charge >= 0.3 is 17.1 Å². The summed E-state index contributed by atoms with van der Waals surface area (Å²) in [4.78, 5) is 38.2. The van der Waals surface area contributed by atoms with Crippen molar-refractivity contribution in [3.8, 4) is 6.07 Å². The second kappa shape index (κ2) is 5.15. The molecular weight excluding hydrogens is 286 g/mol. The molecule has 0 bridgehead atoms. The standard InChI is InChI=1S/C15H13N3O4/c1-22-12(19)6-10-3-2-9-4-8(7-16)5-11-13(9)18(10)15(21)14(20)17-11/h4-5,10H,2-3,6H2,1H3,(H,17,20). The first kappa shape index (κ1) is 14.1. The van der Waals surface area contributed by atoms with Gasteiger partial charge in [-0.1, -0.05) is 0 Å². The molecule has 0 amide bonds. The lowest BCUT2D eigenvalue weighted by Gasteiger charge is -2.26. The van der Waals surface area contributed by atoms with Gasteiger partial charge in [0.05, 0.1) is 36.2 Å². The molecule has 1 unspecified atom stereocenters. The van der Waals surface area contributed by atoms with E-state index in [1.165, 1.54) is 17.7 Å². The number of carbonyl (C=O) groups excluding carboxylic acids is 1. The van der Waals surface area contributed by atoms with E-state index in [1.54, 1.807) is 6.07 Å². The molecular formula is C15H13N3O4. The van der Waals surface area contributed by atoms with Gasteiger partial charge in [-0.15, -0.1) is 0 Å². The number of nitrogens with zero attached hydrogens (tertiary/aromatic N) is 2. The van der Waals surface area contributed by atoms with Gasteiger partial charge in [-0.2, -0.15) is 5.26 Å². The van der Waals surface area contributed by atoms with E-state index >= 15 is 0 Å². The molecule has 7 nitrogen and oxygen atoms in total. The Balaban J connectivity index is 2.32. The number of aromatic nitrogens is 2. The quantitative estimate of drug-likeness (QED) is 0.646. The summed E-state index contributed by atoms with van der Waals surface area (Å²) < 4.78 is 6.03. The minimum atomic E-state index is -0.759. The van der Waals surface area contributed by atoms with E-state index in [4.69, 9.17) is 5.26 Å². The predicted molar refractivity (Wildman–Crippen MR) is 77.5 cm³/mol. The van der Waals surface area contributed by atoms with Gasteiger partial charge in [0.1, 0.15) is 0 Å². The van der Waals surface area contributed by atoms with Crippen molar-refractivity contribution in [2.45, 2.75) is 25.3 Å². The number of esters is 1. The Labute approximate surface area is 124 Å². The zero-order valence-electron chi connectivity index (χ0n) is 11.9. The number of rotatable bonds is 2. The molecule has 1 N–H and O–H groups in total. The molecule has 0 aliphatic carbocycles. The molecule has 112 valence electrons. The number of H-pyrrole nitrogens is 1. The van der Waals surface area contributed by atoms with Crippen LogP contribution in [0.1, 0.15) is 30.0 Å². The van der Waals surface area contributed by atoms with Crippen LogP contribution < -0.4 is 11.1 Å². The molecule has 0 spiro atoms. The monoisotopic (exact) mass is 299 g/mol. The van der Waals surface area contributed by atoms with E-state index in [2.05, 4.69) is 9.72 Å². The number of aryl methyl sites for hydroxylation is 1. The Bertz CT molecular complexity index is 933. The third-order valence-corrected chi connectivity index (χ3v) is 3.96. The van der Waals surface area contributed by atoms with E-state index in [0.717, 1.165) is 5.56 Å². The van der Waals surface area contributed by atoms with Crippen LogP contribution in [0.3, 0.4) is 0 Å². The topological polar surface area (TPSA) is 105 Å². The fourth-order valence-electron chi connectivity index (χ4n) is 2.98. The molecule has 1 atom stereocenters. The number of hydrogen-bond acceptors (Lipinski definition) is 5. The minimum absolute atomic E-state index is 0.0361. The minimum Gasteiger partial charge on any atom is -0.469 e. The van der Waals surface area contributed by atoms with Gasteiger partial charge in [-0.05, 0) is 30.5 Å². The average Bonchev–Trinajstić information content (AvgIpc) is 2.52. The normalized spacial score (nSPS) is 16.3. The number of ether oxygens (including phenoxy) is 1. The number of nitrogens with one attached hydrogen (secondary N) is 1. The van der Waals surface area contributed by atoms with Gasteiger partial charge in [-0.25, -0.2) is 0 Å². The van der Waals surface area contributed by atoms with Crippen molar-refractivity contribution in [2.75, 3.05) is 7.11 Å². The van der Waals surface area contributed by atoms with Crippen LogP contribution in [0.4, 0.5) is 0 Å². The zero-order chi connectivity index (χ0) is 15.9. The van der Waals surface area contributed by atoms with Crippen LogP contribution in [0.15, 0.2) is 21.7 Å². The van der Waals surface area contributed by atoms with Gasteiger partial charge in [0.25, 0.3) is 0 Å². The van der Waals surface area contributed by atoms with E-state index < -0.39 is 23.1 Å². The number of methoxy groups -OCH3 is 1. The van der Waals surface area contributed by atoms with E-state index in [-0.39, 0.29) is 6.42 Å². The van der Waals surface area contributed by atoms with Gasteiger partial charge in [0, 0.05) is 6.04 Å². The summed E-state index contributed by atoms with van der Waals surface area (Å²) in [5.74, 6) is -0.428. The molecule has 0 saturated heterocycles. The molecule has 0 radical (unpaired) electrons. The van der Waals surface area contributed by atoms with Crippen molar-refractivity contribution in [3.63, 3.8) is 0 Å². The number of aromatic amines is 1. The maximum Gasteiger partial charge on any atom is 0.317 e. The van der Waals surface area contributed by atoms with Crippen LogP contribution in [0.5, 0.6) is 0 Å². The van der Waals surface area contributed by atoms with Crippen molar-refractivity contribution in [1.82, 2.24) is 9.55 Å². The fraction of sp³-hybridized carbons (Fsp3) is 0.333. The van der Waals surface area contributed by atoms with Gasteiger partial charge in [-0.3, -0.25) is 19.0 Å². The lowest BCUT2D eigenvalue weighted by atomic mass is 9.95. The highest BCUT2D eigenvalue weighted by Crippen LogP contribution is 2.30. The van der Waals surface area contributed by atoms with Crippen LogP contribution in [0.25, 0.3) is 11.0 Å². The predicted octanol–water partition coefficient (Wildman–Crippen LogP) is 0.612. The van der Waals surface area contributed by atoms with Crippen LogP contribution in [0, 0.1) is 11.3 Å². The van der Waals surface area contributed by atoms with Gasteiger partial charge < -0.3 is 9.72 Å². The van der Waals surface area contributed by atoms with Crippen molar-refractivity contribution < 1.29 is 9.53 Å². The van der Waals surface area contributed by atoms with E-state index in [0.29, 0.717) is 29.4 Å². The molecule has 2 aromatic rings. The third kappa shape index (κ3) is 2.09. The second-order valence-corrected chi connectivity index (χ2v) is 5.25. The van der Waals surface area contributed by atoms with Gasteiger partial charge in [0.2, 0.25) is 0 Å². The number of hydrogen-bond donors (Lipinski definition) is 1. The number of carbonyl (C=O) groups is 1. The third-order valence-electron chi connectivity index (χ3n) is 3.96. The largest absolute Gasteiger partial charge is 0.469 e. The van der Waals surface area contributed by atoms with Crippen molar-refractivity contribution in [1.29, 1.82) is 5.26 Å². The number of benzene rings is 1. The molecule has 1 aromatic carbocycles. The first-order chi connectivity index (χ1) is 10.5. The molecule has 1 aliphatic rings. The maximum atomic E-state index is 12.2. The molecule has 3 rings (SSSR count). The van der Waals surface area contributed by atoms with Crippen molar-refractivity contribution in [2.24, 2.45) is 0 Å². The SMILES string of the molecule is COC(=O)CC1CCc2cc(C#N)cc3[nH]c(=O)c(=O)n1c23. The van der Waals surface area contributed by atoms with E-state index in [9.17, 15) is 14.4 Å². The summed E-state index contributed by atoms with van der Waals surface area (Å²) >= 11 is 0. The molecule has 7 heteroatoms. The van der Waals surface area contributed by atoms with Crippen molar-refractivity contribution >= 4 is 17.0 Å². The highest BCUT2D eigenvalue weighted by Gasteiger charge is 2.26. The summed E-state index contributed by atoms with van der Waals surface area (Å²) in [6, 6.07) is 4.88. The van der Waals surface area contributed by atoms with Crippen molar-refractivity contribution in [3.05, 3.63) is 44.0 Å². The lowest BCUT2D eigenvalue weighted by molar-refractivity contribution is -0.141. The van der Waals surface area contributed by atoms with Crippen LogP contribution >= 0.6 is 0 Å².